The Morgan fingerprint density at radius 2 is 2.00 bits per heavy atom. The van der Waals surface area contributed by atoms with Gasteiger partial charge in [0, 0.05) is 26.2 Å². The van der Waals surface area contributed by atoms with Crippen LogP contribution in [0.3, 0.4) is 0 Å². The summed E-state index contributed by atoms with van der Waals surface area (Å²) in [7, 11) is 1.94. The van der Waals surface area contributed by atoms with Gasteiger partial charge in [-0.05, 0) is 19.0 Å². The number of likely N-dealkylation sites (N-methyl/N-ethyl adjacent to an activating group) is 1. The number of aliphatic hydroxyl groups excluding tert-OH is 1. The molecule has 18 heavy (non-hydrogen) atoms. The van der Waals surface area contributed by atoms with Crippen LogP contribution in [0.15, 0.2) is 30.3 Å². The van der Waals surface area contributed by atoms with Crippen molar-refractivity contribution in [1.29, 1.82) is 0 Å². The molecular weight excluding hydrogens is 228 g/mol. The summed E-state index contributed by atoms with van der Waals surface area (Å²) in [4.78, 5) is 16.2. The van der Waals surface area contributed by atoms with E-state index in [0.29, 0.717) is 13.0 Å². The second kappa shape index (κ2) is 5.98. The normalized spacial score (nSPS) is 21.3. The number of aliphatic hydroxyl groups is 1. The van der Waals surface area contributed by atoms with Crippen LogP contribution in [0.2, 0.25) is 0 Å². The van der Waals surface area contributed by atoms with Crippen LogP contribution < -0.4 is 0 Å². The number of carbonyl (C=O) groups is 1. The van der Waals surface area contributed by atoms with Gasteiger partial charge in [0.05, 0.1) is 6.04 Å². The molecule has 1 aromatic carbocycles. The zero-order chi connectivity index (χ0) is 13.0. The van der Waals surface area contributed by atoms with Crippen molar-refractivity contribution in [1.82, 2.24) is 9.80 Å². The molecule has 1 fully saturated rings. The zero-order valence-electron chi connectivity index (χ0n) is 10.7. The number of benzene rings is 1. The van der Waals surface area contributed by atoms with E-state index in [1.807, 2.05) is 47.2 Å². The molecule has 0 saturated carbocycles. The Labute approximate surface area is 108 Å². The molecule has 0 radical (unpaired) electrons. The molecular formula is C14H20N2O2. The Balaban J connectivity index is 2.03. The first-order chi connectivity index (χ1) is 8.72. The molecule has 2 rings (SSSR count). The summed E-state index contributed by atoms with van der Waals surface area (Å²) in [5.74, 6) is 0.127. The Morgan fingerprint density at radius 3 is 2.67 bits per heavy atom. The molecule has 1 heterocycles. The summed E-state index contributed by atoms with van der Waals surface area (Å²) in [6.07, 6.45) is 0.515. The largest absolute Gasteiger partial charge is 0.396 e. The van der Waals surface area contributed by atoms with Gasteiger partial charge < -0.3 is 10.0 Å². The van der Waals surface area contributed by atoms with Gasteiger partial charge >= 0.3 is 0 Å². The summed E-state index contributed by atoms with van der Waals surface area (Å²) in [5.41, 5.74) is 1.15. The Morgan fingerprint density at radius 1 is 1.28 bits per heavy atom. The van der Waals surface area contributed by atoms with E-state index in [2.05, 4.69) is 0 Å². The van der Waals surface area contributed by atoms with Crippen LogP contribution in [0.25, 0.3) is 0 Å². The molecule has 1 atom stereocenters. The molecule has 4 heteroatoms. The number of hydrogen-bond donors (Lipinski definition) is 1. The summed E-state index contributed by atoms with van der Waals surface area (Å²) in [6.45, 7) is 2.34. The van der Waals surface area contributed by atoms with Crippen LogP contribution in [0.4, 0.5) is 0 Å². The third kappa shape index (κ3) is 2.89. The summed E-state index contributed by atoms with van der Waals surface area (Å²) >= 11 is 0. The van der Waals surface area contributed by atoms with Gasteiger partial charge in [-0.25, -0.2) is 0 Å². The number of carbonyl (C=O) groups excluding carboxylic acids is 1. The van der Waals surface area contributed by atoms with Crippen molar-refractivity contribution < 1.29 is 9.90 Å². The van der Waals surface area contributed by atoms with E-state index in [1.54, 1.807) is 0 Å². The smallest absolute Gasteiger partial charge is 0.240 e. The highest BCUT2D eigenvalue weighted by molar-refractivity contribution is 5.82. The van der Waals surface area contributed by atoms with Gasteiger partial charge in [-0.15, -0.1) is 0 Å². The average molecular weight is 248 g/mol. The third-order valence-corrected chi connectivity index (χ3v) is 3.47. The van der Waals surface area contributed by atoms with E-state index in [4.69, 9.17) is 5.11 Å². The monoisotopic (exact) mass is 248 g/mol. The van der Waals surface area contributed by atoms with Crippen molar-refractivity contribution in [2.45, 2.75) is 19.0 Å². The van der Waals surface area contributed by atoms with Crippen molar-refractivity contribution in [2.24, 2.45) is 0 Å². The SMILES string of the molecule is CN1CCN(Cc2ccccc2)C(=O)C1CCO. The molecule has 1 amide bonds. The van der Waals surface area contributed by atoms with Crippen LogP contribution in [-0.2, 0) is 11.3 Å². The Kier molecular flexibility index (Phi) is 4.33. The van der Waals surface area contributed by atoms with Crippen molar-refractivity contribution in [3.8, 4) is 0 Å². The maximum Gasteiger partial charge on any atom is 0.240 e. The molecule has 0 bridgehead atoms. The van der Waals surface area contributed by atoms with Crippen molar-refractivity contribution in [3.05, 3.63) is 35.9 Å². The fraction of sp³-hybridized carbons (Fsp3) is 0.500. The number of piperazine rings is 1. The van der Waals surface area contributed by atoms with Crippen LogP contribution in [0, 0.1) is 0 Å². The van der Waals surface area contributed by atoms with Crippen molar-refractivity contribution >= 4 is 5.91 Å². The van der Waals surface area contributed by atoms with Gasteiger partial charge in [0.15, 0.2) is 0 Å². The Hall–Kier alpha value is -1.39. The van der Waals surface area contributed by atoms with Crippen LogP contribution >= 0.6 is 0 Å². The molecule has 0 aliphatic carbocycles. The number of amides is 1. The van der Waals surface area contributed by atoms with Gasteiger partial charge in [0.1, 0.15) is 0 Å². The predicted molar refractivity (Wildman–Crippen MR) is 70.0 cm³/mol. The summed E-state index contributed by atoms with van der Waals surface area (Å²) in [5, 5.41) is 9.03. The van der Waals surface area contributed by atoms with Crippen LogP contribution in [0.1, 0.15) is 12.0 Å². The molecule has 1 aliphatic heterocycles. The van der Waals surface area contributed by atoms with E-state index in [-0.39, 0.29) is 18.6 Å². The number of nitrogens with zero attached hydrogens (tertiary/aromatic N) is 2. The third-order valence-electron chi connectivity index (χ3n) is 3.47. The molecule has 4 nitrogen and oxygen atoms in total. The topological polar surface area (TPSA) is 43.8 Å². The standard InChI is InChI=1S/C14H20N2O2/c1-15-8-9-16(14(18)13(15)7-10-17)11-12-5-3-2-4-6-12/h2-6,13,17H,7-11H2,1H3. The minimum Gasteiger partial charge on any atom is -0.396 e. The minimum atomic E-state index is -0.174. The quantitative estimate of drug-likeness (QED) is 0.853. The van der Waals surface area contributed by atoms with Crippen molar-refractivity contribution in [3.63, 3.8) is 0 Å². The van der Waals surface area contributed by atoms with E-state index >= 15 is 0 Å². The number of hydrogen-bond acceptors (Lipinski definition) is 3. The molecule has 1 aliphatic rings. The first-order valence-corrected chi connectivity index (χ1v) is 6.36. The predicted octanol–water partition coefficient (Wildman–Crippen LogP) is 0.712. The second-order valence-electron chi connectivity index (χ2n) is 4.75. The molecule has 1 unspecified atom stereocenters. The van der Waals surface area contributed by atoms with E-state index in [1.165, 1.54) is 0 Å². The second-order valence-corrected chi connectivity index (χ2v) is 4.75. The highest BCUT2D eigenvalue weighted by Crippen LogP contribution is 2.15. The van der Waals surface area contributed by atoms with Gasteiger partial charge in [-0.1, -0.05) is 30.3 Å². The first kappa shape index (κ1) is 13.1. The van der Waals surface area contributed by atoms with Gasteiger partial charge in [-0.2, -0.15) is 0 Å². The van der Waals surface area contributed by atoms with Gasteiger partial charge in [-0.3, -0.25) is 9.69 Å². The lowest BCUT2D eigenvalue weighted by Gasteiger charge is -2.38. The average Bonchev–Trinajstić information content (AvgIpc) is 2.39. The lowest BCUT2D eigenvalue weighted by atomic mass is 10.1. The molecule has 1 aromatic rings. The zero-order valence-corrected chi connectivity index (χ0v) is 10.7. The first-order valence-electron chi connectivity index (χ1n) is 6.36. The van der Waals surface area contributed by atoms with E-state index in [9.17, 15) is 4.79 Å². The maximum absolute atomic E-state index is 12.3. The molecule has 1 saturated heterocycles. The Bertz CT molecular complexity index is 394. The van der Waals surface area contributed by atoms with Gasteiger partial charge in [0.25, 0.3) is 0 Å². The molecule has 0 aromatic heterocycles. The molecule has 0 spiro atoms. The van der Waals surface area contributed by atoms with Crippen LogP contribution in [-0.4, -0.2) is 53.6 Å². The lowest BCUT2D eigenvalue weighted by molar-refractivity contribution is -0.142. The summed E-state index contributed by atoms with van der Waals surface area (Å²) in [6, 6.07) is 9.85. The summed E-state index contributed by atoms with van der Waals surface area (Å²) < 4.78 is 0. The highest BCUT2D eigenvalue weighted by atomic mass is 16.3. The fourth-order valence-corrected chi connectivity index (χ4v) is 2.37. The van der Waals surface area contributed by atoms with E-state index < -0.39 is 0 Å². The minimum absolute atomic E-state index is 0.0555. The fourth-order valence-electron chi connectivity index (χ4n) is 2.37. The molecule has 98 valence electrons. The van der Waals surface area contributed by atoms with Gasteiger partial charge in [0.2, 0.25) is 5.91 Å². The molecule has 1 N–H and O–H groups in total. The highest BCUT2D eigenvalue weighted by Gasteiger charge is 2.31. The van der Waals surface area contributed by atoms with Crippen molar-refractivity contribution in [2.75, 3.05) is 26.7 Å². The van der Waals surface area contributed by atoms with E-state index in [0.717, 1.165) is 18.7 Å². The lowest BCUT2D eigenvalue weighted by Crippen LogP contribution is -2.55. The maximum atomic E-state index is 12.3. The number of rotatable bonds is 4. The van der Waals surface area contributed by atoms with Crippen LogP contribution in [0.5, 0.6) is 0 Å².